The largest absolute Gasteiger partial charge is 0.292 e. The maximum atomic E-state index is 10.9. The molecule has 0 aromatic heterocycles. The molecule has 0 N–H and O–H groups in total. The maximum Gasteiger partial charge on any atom is 0.292 e. The third-order valence-electron chi connectivity index (χ3n) is 2.31. The molecule has 1 fully saturated rings. The van der Waals surface area contributed by atoms with Gasteiger partial charge in [0.2, 0.25) is 0 Å². The van der Waals surface area contributed by atoms with Crippen LogP contribution in [-0.2, 0) is 4.79 Å². The van der Waals surface area contributed by atoms with Crippen LogP contribution in [0.5, 0.6) is 0 Å². The lowest BCUT2D eigenvalue weighted by atomic mass is 9.88. The van der Waals surface area contributed by atoms with Crippen molar-refractivity contribution in [1.82, 2.24) is 0 Å². The van der Waals surface area contributed by atoms with Crippen molar-refractivity contribution in [2.45, 2.75) is 32.6 Å². The SMILES string of the molecule is CC1(C(=O)N=O)CCCC1. The highest BCUT2D eigenvalue weighted by molar-refractivity contribution is 5.83. The fourth-order valence-electron chi connectivity index (χ4n) is 1.48. The van der Waals surface area contributed by atoms with Gasteiger partial charge in [0.15, 0.2) is 0 Å². The van der Waals surface area contributed by atoms with Crippen molar-refractivity contribution in [2.75, 3.05) is 0 Å². The van der Waals surface area contributed by atoms with Gasteiger partial charge in [-0.2, -0.15) is 0 Å². The normalized spacial score (nSPS) is 22.5. The molecule has 1 saturated carbocycles. The van der Waals surface area contributed by atoms with E-state index in [1.165, 1.54) is 0 Å². The van der Waals surface area contributed by atoms with Gasteiger partial charge < -0.3 is 0 Å². The van der Waals surface area contributed by atoms with Gasteiger partial charge in [-0.1, -0.05) is 19.8 Å². The van der Waals surface area contributed by atoms with E-state index in [9.17, 15) is 9.70 Å². The Kier molecular flexibility index (Phi) is 1.83. The molecule has 0 aromatic carbocycles. The molecule has 56 valence electrons. The summed E-state index contributed by atoms with van der Waals surface area (Å²) in [7, 11) is 0. The van der Waals surface area contributed by atoms with E-state index in [4.69, 9.17) is 0 Å². The molecule has 1 aliphatic rings. The third kappa shape index (κ3) is 1.08. The number of carbonyl (C=O) groups excluding carboxylic acids is 1. The fraction of sp³-hybridized carbons (Fsp3) is 0.857. The van der Waals surface area contributed by atoms with Crippen molar-refractivity contribution in [3.05, 3.63) is 4.91 Å². The van der Waals surface area contributed by atoms with Crippen molar-refractivity contribution in [2.24, 2.45) is 10.6 Å². The molecule has 0 unspecified atom stereocenters. The molecule has 0 saturated heterocycles. The molecule has 0 heterocycles. The second kappa shape index (κ2) is 2.48. The van der Waals surface area contributed by atoms with E-state index < -0.39 is 11.3 Å². The van der Waals surface area contributed by atoms with Gasteiger partial charge in [0.05, 0.1) is 5.41 Å². The van der Waals surface area contributed by atoms with Crippen molar-refractivity contribution in [1.29, 1.82) is 0 Å². The van der Waals surface area contributed by atoms with Crippen molar-refractivity contribution in [3.63, 3.8) is 0 Å². The Morgan fingerprint density at radius 1 is 1.40 bits per heavy atom. The van der Waals surface area contributed by atoms with Crippen molar-refractivity contribution >= 4 is 5.91 Å². The van der Waals surface area contributed by atoms with Crippen LogP contribution < -0.4 is 0 Å². The molecule has 1 amide bonds. The van der Waals surface area contributed by atoms with Crippen LogP contribution in [-0.4, -0.2) is 5.91 Å². The summed E-state index contributed by atoms with van der Waals surface area (Å²) in [5.74, 6) is -0.468. The minimum Gasteiger partial charge on any atom is -0.268 e. The predicted molar refractivity (Wildman–Crippen MR) is 37.4 cm³/mol. The number of nitrogens with zero attached hydrogens (tertiary/aromatic N) is 1. The van der Waals surface area contributed by atoms with Gasteiger partial charge in [-0.25, -0.2) is 0 Å². The number of hydrogen-bond acceptors (Lipinski definition) is 2. The standard InChI is InChI=1S/C7H11NO2/c1-7(6(9)8-10)4-2-3-5-7/h2-5H2,1H3. The van der Waals surface area contributed by atoms with Crippen LogP contribution in [0.4, 0.5) is 0 Å². The van der Waals surface area contributed by atoms with Crippen molar-refractivity contribution in [3.8, 4) is 0 Å². The molecule has 3 nitrogen and oxygen atoms in total. The van der Waals surface area contributed by atoms with Crippen LogP contribution in [0.15, 0.2) is 5.18 Å². The van der Waals surface area contributed by atoms with E-state index in [1.54, 1.807) is 0 Å². The Balaban J connectivity index is 2.66. The molecular formula is C7H11NO2. The summed E-state index contributed by atoms with van der Waals surface area (Å²) in [5.41, 5.74) is -0.415. The Morgan fingerprint density at radius 3 is 2.30 bits per heavy atom. The number of hydrogen-bond donors (Lipinski definition) is 0. The zero-order valence-corrected chi connectivity index (χ0v) is 6.09. The monoisotopic (exact) mass is 141 g/mol. The van der Waals surface area contributed by atoms with E-state index in [2.05, 4.69) is 5.18 Å². The summed E-state index contributed by atoms with van der Waals surface area (Å²) in [4.78, 5) is 20.8. The molecule has 10 heavy (non-hydrogen) atoms. The third-order valence-corrected chi connectivity index (χ3v) is 2.31. The second-order valence-corrected chi connectivity index (χ2v) is 3.16. The van der Waals surface area contributed by atoms with Gasteiger partial charge in [-0.15, -0.1) is 4.91 Å². The van der Waals surface area contributed by atoms with Gasteiger partial charge in [0.25, 0.3) is 5.91 Å². The molecule has 0 radical (unpaired) electrons. The van der Waals surface area contributed by atoms with E-state index >= 15 is 0 Å². The minimum absolute atomic E-state index is 0.415. The fourth-order valence-corrected chi connectivity index (χ4v) is 1.48. The number of carbonyl (C=O) groups is 1. The van der Waals surface area contributed by atoms with Crippen LogP contribution >= 0.6 is 0 Å². The van der Waals surface area contributed by atoms with Crippen LogP contribution in [0.25, 0.3) is 0 Å². The van der Waals surface area contributed by atoms with Gasteiger partial charge >= 0.3 is 0 Å². The number of rotatable bonds is 1. The highest BCUT2D eigenvalue weighted by Gasteiger charge is 2.36. The summed E-state index contributed by atoms with van der Waals surface area (Å²) in [5, 5.41) is 2.45. The first-order valence-corrected chi connectivity index (χ1v) is 3.57. The molecule has 0 atom stereocenters. The molecule has 3 heteroatoms. The Morgan fingerprint density at radius 2 is 1.90 bits per heavy atom. The topological polar surface area (TPSA) is 46.5 Å². The Labute approximate surface area is 59.8 Å². The first kappa shape index (κ1) is 7.38. The van der Waals surface area contributed by atoms with Crippen molar-refractivity contribution < 1.29 is 4.79 Å². The molecule has 0 spiro atoms. The van der Waals surface area contributed by atoms with E-state index in [0.717, 1.165) is 25.7 Å². The average Bonchev–Trinajstić information content (AvgIpc) is 2.36. The van der Waals surface area contributed by atoms with Gasteiger partial charge in [-0.05, 0) is 12.8 Å². The zero-order valence-electron chi connectivity index (χ0n) is 6.09. The van der Waals surface area contributed by atoms with Crippen LogP contribution in [0, 0.1) is 10.3 Å². The maximum absolute atomic E-state index is 10.9. The lowest BCUT2D eigenvalue weighted by molar-refractivity contribution is -0.126. The second-order valence-electron chi connectivity index (χ2n) is 3.16. The molecule has 1 rings (SSSR count). The minimum atomic E-state index is -0.468. The first-order valence-electron chi connectivity index (χ1n) is 3.57. The highest BCUT2D eigenvalue weighted by atomic mass is 16.3. The number of amides is 1. The predicted octanol–water partition coefficient (Wildman–Crippen LogP) is 1.86. The van der Waals surface area contributed by atoms with E-state index in [0.29, 0.717) is 0 Å². The molecule has 0 aliphatic heterocycles. The average molecular weight is 141 g/mol. The van der Waals surface area contributed by atoms with Gasteiger partial charge in [0.1, 0.15) is 0 Å². The molecule has 0 bridgehead atoms. The Bertz CT molecular complexity index is 159. The quantitative estimate of drug-likeness (QED) is 0.523. The van der Waals surface area contributed by atoms with Crippen LogP contribution in [0.3, 0.4) is 0 Å². The molecule has 0 aromatic rings. The summed E-state index contributed by atoms with van der Waals surface area (Å²) in [6, 6.07) is 0. The Hall–Kier alpha value is -0.730. The van der Waals surface area contributed by atoms with Crippen LogP contribution in [0.2, 0.25) is 0 Å². The highest BCUT2D eigenvalue weighted by Crippen LogP contribution is 2.38. The number of nitroso groups, excluding NO2 is 1. The molecule has 1 aliphatic carbocycles. The van der Waals surface area contributed by atoms with Crippen LogP contribution in [0.1, 0.15) is 32.6 Å². The summed E-state index contributed by atoms with van der Waals surface area (Å²) >= 11 is 0. The first-order chi connectivity index (χ1) is 4.69. The summed E-state index contributed by atoms with van der Waals surface area (Å²) < 4.78 is 0. The van der Waals surface area contributed by atoms with E-state index in [-0.39, 0.29) is 0 Å². The lowest BCUT2D eigenvalue weighted by Crippen LogP contribution is -2.21. The summed E-state index contributed by atoms with van der Waals surface area (Å²) in [6.07, 6.45) is 3.77. The van der Waals surface area contributed by atoms with E-state index in [1.807, 2.05) is 6.92 Å². The smallest absolute Gasteiger partial charge is 0.268 e. The summed E-state index contributed by atoms with van der Waals surface area (Å²) in [6.45, 7) is 1.82. The van der Waals surface area contributed by atoms with Gasteiger partial charge in [0, 0.05) is 5.18 Å². The van der Waals surface area contributed by atoms with Gasteiger partial charge in [-0.3, -0.25) is 4.79 Å². The lowest BCUT2D eigenvalue weighted by Gasteiger charge is -2.15. The molecular weight excluding hydrogens is 130 g/mol. The zero-order chi connectivity index (χ0) is 7.61.